The second-order valence-corrected chi connectivity index (χ2v) is 40.1. The summed E-state index contributed by atoms with van der Waals surface area (Å²) in [5.74, 6) is 0.208. The van der Waals surface area contributed by atoms with E-state index in [4.69, 9.17) is 0 Å². The first-order valence-corrected chi connectivity index (χ1v) is 50.1. The Bertz CT molecular complexity index is 9700. The minimum Gasteiger partial charge on any atom is -0.311 e. The maximum atomic E-state index is 4.56. The van der Waals surface area contributed by atoms with Crippen molar-refractivity contribution in [3.05, 3.63) is 466 Å². The summed E-state index contributed by atoms with van der Waals surface area (Å²) in [4.78, 5) is 11.3. The van der Waals surface area contributed by atoms with Crippen LogP contribution in [0.4, 0.5) is 11.4 Å². The van der Waals surface area contributed by atoms with Gasteiger partial charge in [0.15, 0.2) is 0 Å². The summed E-state index contributed by atoms with van der Waals surface area (Å²) in [7, 11) is 0. The molecule has 0 radical (unpaired) electrons. The Balaban J connectivity index is 0.000000103. The Morgan fingerprint density at radius 2 is 0.696 bits per heavy atom. The van der Waals surface area contributed by atoms with Crippen LogP contribution in [0.5, 0.6) is 0 Å². The number of hydrogen-bond donors (Lipinski definition) is 0. The van der Waals surface area contributed by atoms with E-state index < -0.39 is 0 Å². The quantitative estimate of drug-likeness (QED) is 0.128. The number of benzene rings is 20. The van der Waals surface area contributed by atoms with Crippen LogP contribution in [0, 0.1) is 0 Å². The zero-order valence-electron chi connectivity index (χ0n) is 72.9. The number of hydrogen-bond acceptors (Lipinski definition) is 8. The predicted molar refractivity (Wildman–Crippen MR) is 588 cm³/mol. The lowest BCUT2D eigenvalue weighted by molar-refractivity contribution is 0.850. The maximum Gasteiger partial charge on any atom is 0.0541 e. The highest BCUT2D eigenvalue weighted by Crippen LogP contribution is 2.57. The van der Waals surface area contributed by atoms with E-state index in [0.717, 1.165) is 23.4 Å². The van der Waals surface area contributed by atoms with Crippen LogP contribution >= 0.6 is 56.7 Å². The first-order valence-electron chi connectivity index (χ1n) is 46.0. The van der Waals surface area contributed by atoms with Crippen molar-refractivity contribution in [3.8, 4) is 61.3 Å². The van der Waals surface area contributed by atoms with Gasteiger partial charge in [0.2, 0.25) is 0 Å². The molecule has 4 nitrogen and oxygen atoms in total. The molecule has 9 heteroatoms. The SMILES string of the molecule is C1=CC(c2c(-c3ccncc3)c3ccccc3c3c2ccc2c4ccccc4sc23)CC=C1N(c1ccccc1)c1ccccc1.c1ccc(-n2c3ccccc3c3cc(-c4c(-c5csc6ccccc56)c5ccc6c7ccccc7sc6c5c5ccccc45)ccc32)cc1.c1cncc(-c2c(-c3cccc4c3sc3ccccc34)c3ccc4c5ccccc5sc4c3c3ccccc23)c1. The molecule has 28 aromatic rings. The van der Waals surface area contributed by atoms with Crippen molar-refractivity contribution in [1.29, 1.82) is 0 Å². The molecule has 29 rings (SSSR count). The highest BCUT2D eigenvalue weighted by molar-refractivity contribution is 7.28. The highest BCUT2D eigenvalue weighted by atomic mass is 32.1. The van der Waals surface area contributed by atoms with Crippen LogP contribution in [0.25, 0.3) is 239 Å². The third-order valence-electron chi connectivity index (χ3n) is 27.7. The second kappa shape index (κ2) is 32.6. The van der Waals surface area contributed by atoms with E-state index in [1.165, 1.54) is 244 Å². The molecule has 0 fully saturated rings. The van der Waals surface area contributed by atoms with Crippen molar-refractivity contribution in [1.82, 2.24) is 14.5 Å². The molecule has 0 saturated heterocycles. The minimum absolute atomic E-state index is 0.208. The van der Waals surface area contributed by atoms with E-state index in [-0.39, 0.29) is 5.92 Å². The fourth-order valence-corrected chi connectivity index (χ4v) is 27.9. The van der Waals surface area contributed by atoms with Gasteiger partial charge in [-0.15, -0.1) is 56.7 Å². The van der Waals surface area contributed by atoms with Gasteiger partial charge < -0.3 is 9.47 Å². The molecular weight excluding hydrogens is 1730 g/mol. The minimum atomic E-state index is 0.208. The molecule has 0 spiro atoms. The Labute approximate surface area is 797 Å². The summed E-state index contributed by atoms with van der Waals surface area (Å²) >= 11 is 9.48. The molecule has 0 bridgehead atoms. The predicted octanol–water partition coefficient (Wildman–Crippen LogP) is 37.7. The average molecular weight is 1810 g/mol. The van der Waals surface area contributed by atoms with E-state index in [2.05, 4.69) is 443 Å². The molecule has 1 aliphatic carbocycles. The summed E-state index contributed by atoms with van der Waals surface area (Å²) in [5.41, 5.74) is 21.1. The van der Waals surface area contributed by atoms with Crippen molar-refractivity contribution < 1.29 is 0 Å². The van der Waals surface area contributed by atoms with Gasteiger partial charge in [-0.25, -0.2) is 0 Å². The number of anilines is 2. The lowest BCUT2D eigenvalue weighted by Crippen LogP contribution is -2.17. The van der Waals surface area contributed by atoms with Crippen LogP contribution in [0.1, 0.15) is 17.9 Å². The fourth-order valence-electron chi connectivity index (χ4n) is 22.0. The molecule has 1 unspecified atom stereocenters. The van der Waals surface area contributed by atoms with Gasteiger partial charge in [0, 0.05) is 188 Å². The van der Waals surface area contributed by atoms with Gasteiger partial charge in [0.25, 0.3) is 0 Å². The standard InChI is InChI=1S/C46H27NS2.C43H30N2S.C37H21NS2/c1-2-12-29(13-3-1)47-39-19-9-6-14-30(39)37-26-28(22-25-40(37)47)43-33-17-4-5-18-34(33)45-36(44(43)38-27-48-41-20-10-7-16-32(38)41)24-23-35-31-15-8-11-21-42(31)49-46(35)45;1-3-11-31(12-4-1)45(32-13-5-2-6-14-32)33-21-19-29(20-22-33)41-38-24-23-37-34-15-9-10-18-39(34)46-43(37)42(38)36-17-8-7-16-35(36)40(41)30-25-27-44-28-26-30;1-2-13-26-25(12-1)33(22-9-8-20-38-21-22)34(30-15-7-14-27-23-10-3-5-16-31(23)39-36(27)30)29-19-18-28-24-11-4-6-17-32(24)40-37(28)35(26)29/h1-27H;1-19,21-29H,20H2;1-21H. The van der Waals surface area contributed by atoms with Crippen LogP contribution in [0.3, 0.4) is 0 Å². The number of para-hydroxylation sites is 4. The molecule has 0 amide bonds. The van der Waals surface area contributed by atoms with Crippen LogP contribution < -0.4 is 4.90 Å². The van der Waals surface area contributed by atoms with Gasteiger partial charge in [-0.3, -0.25) is 9.97 Å². The van der Waals surface area contributed by atoms with Crippen molar-refractivity contribution in [2.75, 3.05) is 4.90 Å². The molecular formula is C126H78N4S5. The number of fused-ring (bicyclic) bond motifs is 28. The van der Waals surface area contributed by atoms with E-state index in [1.54, 1.807) is 0 Å². The van der Waals surface area contributed by atoms with E-state index >= 15 is 0 Å². The molecule has 135 heavy (non-hydrogen) atoms. The summed E-state index contributed by atoms with van der Waals surface area (Å²) in [6.45, 7) is 0. The molecule has 0 saturated carbocycles. The Morgan fingerprint density at radius 3 is 1.24 bits per heavy atom. The van der Waals surface area contributed by atoms with Gasteiger partial charge >= 0.3 is 0 Å². The lowest BCUT2D eigenvalue weighted by atomic mass is 9.80. The van der Waals surface area contributed by atoms with Crippen LogP contribution in [-0.2, 0) is 0 Å². The van der Waals surface area contributed by atoms with Crippen LogP contribution in [0.15, 0.2) is 461 Å². The number of pyridine rings is 2. The lowest BCUT2D eigenvalue weighted by Gasteiger charge is -2.30. The third-order valence-corrected chi connectivity index (χ3v) is 33.5. The molecule has 1 atom stereocenters. The molecule has 632 valence electrons. The number of rotatable bonds is 10. The van der Waals surface area contributed by atoms with Crippen molar-refractivity contribution >= 4 is 245 Å². The Hall–Kier alpha value is -15.8. The van der Waals surface area contributed by atoms with Gasteiger partial charge in [-0.05, 0) is 214 Å². The number of nitrogens with zero attached hydrogens (tertiary/aromatic N) is 4. The normalized spacial score (nSPS) is 12.9. The van der Waals surface area contributed by atoms with Crippen LogP contribution in [0.2, 0.25) is 0 Å². The molecule has 20 aromatic carbocycles. The third kappa shape index (κ3) is 12.9. The van der Waals surface area contributed by atoms with Gasteiger partial charge in [-0.2, -0.15) is 0 Å². The van der Waals surface area contributed by atoms with Gasteiger partial charge in [0.1, 0.15) is 0 Å². The van der Waals surface area contributed by atoms with Crippen molar-refractivity contribution in [2.24, 2.45) is 0 Å². The highest BCUT2D eigenvalue weighted by Gasteiger charge is 2.30. The number of allylic oxidation sites excluding steroid dienone is 3. The smallest absolute Gasteiger partial charge is 0.0541 e. The fraction of sp³-hybridized carbons (Fsp3) is 0.0159. The maximum absolute atomic E-state index is 4.56. The van der Waals surface area contributed by atoms with Gasteiger partial charge in [-0.1, -0.05) is 315 Å². The van der Waals surface area contributed by atoms with Crippen molar-refractivity contribution in [3.63, 3.8) is 0 Å². The molecule has 8 heterocycles. The molecule has 0 aliphatic heterocycles. The van der Waals surface area contributed by atoms with E-state index in [1.807, 2.05) is 87.5 Å². The topological polar surface area (TPSA) is 34.0 Å². The van der Waals surface area contributed by atoms with E-state index in [0.29, 0.717) is 0 Å². The first kappa shape index (κ1) is 79.0. The summed E-state index contributed by atoms with van der Waals surface area (Å²) < 4.78 is 14.5. The Kier molecular flexibility index (Phi) is 19.1. The second-order valence-electron chi connectivity index (χ2n) is 35.0. The van der Waals surface area contributed by atoms with E-state index in [9.17, 15) is 0 Å². The molecule has 1 aliphatic rings. The summed E-state index contributed by atoms with van der Waals surface area (Å²) in [6, 6.07) is 149. The summed E-state index contributed by atoms with van der Waals surface area (Å²) in [6.07, 6.45) is 15.8. The average Bonchev–Trinajstić information content (AvgIpc) is 1.57. The molecule has 0 N–H and O–H groups in total. The largest absolute Gasteiger partial charge is 0.311 e. The number of thiophene rings is 5. The first-order chi connectivity index (χ1) is 67.0. The zero-order valence-corrected chi connectivity index (χ0v) is 77.0. The summed E-state index contributed by atoms with van der Waals surface area (Å²) in [5, 5.41) is 32.6. The monoisotopic (exact) mass is 1810 g/mol. The Morgan fingerprint density at radius 1 is 0.267 bits per heavy atom. The zero-order chi connectivity index (χ0) is 88.7. The van der Waals surface area contributed by atoms with Crippen LogP contribution in [-0.4, -0.2) is 14.5 Å². The molecule has 8 aromatic heterocycles. The van der Waals surface area contributed by atoms with Gasteiger partial charge in [0.05, 0.1) is 11.0 Å². The number of aromatic nitrogens is 3. The van der Waals surface area contributed by atoms with Crippen molar-refractivity contribution in [2.45, 2.75) is 12.3 Å².